The molecule has 3 rings (SSSR count). The van der Waals surface area contributed by atoms with Gasteiger partial charge in [0.2, 0.25) is 0 Å². The number of aromatic nitrogens is 1. The topological polar surface area (TPSA) is 114 Å². The first-order valence-electron chi connectivity index (χ1n) is 7.44. The van der Waals surface area contributed by atoms with Crippen LogP contribution in [0.3, 0.4) is 0 Å². The normalized spacial score (nSPS) is 9.75. The van der Waals surface area contributed by atoms with Crippen LogP contribution in [0.4, 0.5) is 14.5 Å². The molecule has 0 aliphatic rings. The molecule has 28 heavy (non-hydrogen) atoms. The SMILES string of the molecule is Fc1c(Cl)nc2ccccc2c1Cl.Nc1ccccc1.O=C(O)C(F)C(=O)O. The standard InChI is InChI=1S/C9H4Cl2FN.C6H7N.C3H3FO4/c10-7-5-3-1-2-4-6(5)13-9(11)8(7)12;7-6-4-2-1-3-5-6;4-1(2(5)6)3(7)8/h1-4H;1-5H,7H2;1H,(H,5,6)(H,7,8). The molecule has 0 atom stereocenters. The van der Waals surface area contributed by atoms with E-state index in [1.807, 2.05) is 30.3 Å². The van der Waals surface area contributed by atoms with Gasteiger partial charge in [-0.05, 0) is 18.2 Å². The fourth-order valence-electron chi connectivity index (χ4n) is 1.68. The summed E-state index contributed by atoms with van der Waals surface area (Å²) in [5, 5.41) is 15.6. The molecule has 0 aliphatic carbocycles. The monoisotopic (exact) mass is 430 g/mol. The number of halogens is 4. The molecule has 4 N–H and O–H groups in total. The lowest BCUT2D eigenvalue weighted by Crippen LogP contribution is -2.24. The molecule has 0 radical (unpaired) electrons. The number of pyridine rings is 1. The van der Waals surface area contributed by atoms with Crippen LogP contribution in [0.25, 0.3) is 10.9 Å². The molecule has 0 aliphatic heterocycles. The van der Waals surface area contributed by atoms with Crippen LogP contribution in [0.1, 0.15) is 0 Å². The summed E-state index contributed by atoms with van der Waals surface area (Å²) < 4.78 is 24.6. The Balaban J connectivity index is 0.000000226. The van der Waals surface area contributed by atoms with Crippen molar-refractivity contribution < 1.29 is 28.6 Å². The summed E-state index contributed by atoms with van der Waals surface area (Å²) in [6, 6.07) is 16.5. The van der Waals surface area contributed by atoms with E-state index in [0.29, 0.717) is 10.9 Å². The van der Waals surface area contributed by atoms with Crippen LogP contribution in [0.5, 0.6) is 0 Å². The predicted molar refractivity (Wildman–Crippen MR) is 103 cm³/mol. The van der Waals surface area contributed by atoms with Crippen LogP contribution in [-0.2, 0) is 9.59 Å². The van der Waals surface area contributed by atoms with Crippen molar-refractivity contribution in [1.29, 1.82) is 0 Å². The zero-order valence-electron chi connectivity index (χ0n) is 14.0. The van der Waals surface area contributed by atoms with E-state index in [0.717, 1.165) is 5.69 Å². The lowest BCUT2D eigenvalue weighted by atomic mass is 10.2. The first-order chi connectivity index (χ1) is 13.1. The van der Waals surface area contributed by atoms with Gasteiger partial charge < -0.3 is 15.9 Å². The molecule has 2 aromatic carbocycles. The highest BCUT2D eigenvalue weighted by atomic mass is 35.5. The van der Waals surface area contributed by atoms with Gasteiger partial charge in [-0.15, -0.1) is 0 Å². The molecule has 0 saturated carbocycles. The number of nitrogens with two attached hydrogens (primary N) is 1. The quantitative estimate of drug-likeness (QED) is 0.314. The van der Waals surface area contributed by atoms with Crippen molar-refractivity contribution in [1.82, 2.24) is 4.98 Å². The predicted octanol–water partition coefficient (Wildman–Crippen LogP) is 4.44. The van der Waals surface area contributed by atoms with E-state index in [2.05, 4.69) is 4.98 Å². The summed E-state index contributed by atoms with van der Waals surface area (Å²) in [7, 11) is 0. The first-order valence-corrected chi connectivity index (χ1v) is 8.20. The van der Waals surface area contributed by atoms with Crippen LogP contribution in [0, 0.1) is 5.82 Å². The molecule has 1 aromatic heterocycles. The van der Waals surface area contributed by atoms with Gasteiger partial charge in [0.25, 0.3) is 6.17 Å². The Kier molecular flexibility index (Phi) is 9.07. The van der Waals surface area contributed by atoms with E-state index in [-0.39, 0.29) is 10.2 Å². The second kappa shape index (κ2) is 11.0. The van der Waals surface area contributed by atoms with Gasteiger partial charge in [-0.2, -0.15) is 0 Å². The highest BCUT2D eigenvalue weighted by molar-refractivity contribution is 6.38. The molecule has 0 saturated heterocycles. The fraction of sp³-hybridized carbons (Fsp3) is 0.0556. The average Bonchev–Trinajstić information content (AvgIpc) is 2.67. The Hall–Kier alpha value is -2.97. The van der Waals surface area contributed by atoms with Crippen molar-refractivity contribution in [2.45, 2.75) is 6.17 Å². The second-order valence-electron chi connectivity index (χ2n) is 5.00. The minimum absolute atomic E-state index is 0.0237. The number of hydrogen-bond acceptors (Lipinski definition) is 4. The summed E-state index contributed by atoms with van der Waals surface area (Å²) >= 11 is 11.3. The first kappa shape index (κ1) is 23.1. The Morgan fingerprint density at radius 2 is 1.46 bits per heavy atom. The number of nitrogens with zero attached hydrogens (tertiary/aromatic N) is 1. The summed E-state index contributed by atoms with van der Waals surface area (Å²) in [4.78, 5) is 22.6. The maximum Gasteiger partial charge on any atom is 0.350 e. The molecular formula is C18H14Cl2F2N2O4. The van der Waals surface area contributed by atoms with E-state index in [9.17, 15) is 18.4 Å². The highest BCUT2D eigenvalue weighted by Gasteiger charge is 2.23. The van der Waals surface area contributed by atoms with Gasteiger partial charge in [0.15, 0.2) is 11.0 Å². The maximum atomic E-state index is 13.1. The maximum absolute atomic E-state index is 13.1. The molecule has 148 valence electrons. The van der Waals surface area contributed by atoms with Crippen LogP contribution < -0.4 is 5.73 Å². The van der Waals surface area contributed by atoms with Crippen molar-refractivity contribution in [2.75, 3.05) is 5.73 Å². The number of carbonyl (C=O) groups is 2. The molecule has 1 heterocycles. The number of aliphatic carboxylic acids is 2. The van der Waals surface area contributed by atoms with Gasteiger partial charge in [0.05, 0.1) is 10.5 Å². The van der Waals surface area contributed by atoms with E-state index in [1.165, 1.54) is 0 Å². The van der Waals surface area contributed by atoms with Crippen LogP contribution in [0.2, 0.25) is 10.2 Å². The van der Waals surface area contributed by atoms with Gasteiger partial charge >= 0.3 is 11.9 Å². The van der Waals surface area contributed by atoms with Gasteiger partial charge in [-0.25, -0.2) is 23.4 Å². The average molecular weight is 431 g/mol. The van der Waals surface area contributed by atoms with Crippen molar-refractivity contribution >= 4 is 51.7 Å². The number of carboxylic acids is 2. The van der Waals surface area contributed by atoms with Crippen LogP contribution >= 0.6 is 23.2 Å². The highest BCUT2D eigenvalue weighted by Crippen LogP contribution is 2.28. The smallest absolute Gasteiger partial charge is 0.350 e. The number of rotatable bonds is 2. The Morgan fingerprint density at radius 3 is 1.89 bits per heavy atom. The number of fused-ring (bicyclic) bond motifs is 1. The number of alkyl halides is 1. The summed E-state index contributed by atoms with van der Waals surface area (Å²) in [6.07, 6.45) is -2.80. The Morgan fingerprint density at radius 1 is 0.964 bits per heavy atom. The fourth-order valence-corrected chi connectivity index (χ4v) is 2.16. The van der Waals surface area contributed by atoms with Crippen molar-refractivity contribution in [3.8, 4) is 0 Å². The molecule has 10 heteroatoms. The van der Waals surface area contributed by atoms with Gasteiger partial charge in [-0.3, -0.25) is 0 Å². The third-order valence-corrected chi connectivity index (χ3v) is 3.59. The van der Waals surface area contributed by atoms with Crippen LogP contribution in [-0.4, -0.2) is 33.3 Å². The van der Waals surface area contributed by atoms with E-state index >= 15 is 0 Å². The summed E-state index contributed by atoms with van der Waals surface area (Å²) in [6.45, 7) is 0. The van der Waals surface area contributed by atoms with Crippen molar-refractivity contribution in [3.05, 3.63) is 70.6 Å². The summed E-state index contributed by atoms with van der Waals surface area (Å²) in [5.74, 6) is -4.61. The summed E-state index contributed by atoms with van der Waals surface area (Å²) in [5.41, 5.74) is 6.78. The molecule has 0 fully saturated rings. The third kappa shape index (κ3) is 6.98. The molecule has 0 bridgehead atoms. The molecular weight excluding hydrogens is 417 g/mol. The zero-order chi connectivity index (χ0) is 21.3. The number of hydrogen-bond donors (Lipinski definition) is 3. The van der Waals surface area contributed by atoms with E-state index < -0.39 is 23.9 Å². The zero-order valence-corrected chi connectivity index (χ0v) is 15.5. The lowest BCUT2D eigenvalue weighted by Gasteiger charge is -2.01. The number of benzene rings is 2. The minimum Gasteiger partial charge on any atom is -0.479 e. The molecule has 0 spiro atoms. The van der Waals surface area contributed by atoms with Crippen LogP contribution in [0.15, 0.2) is 54.6 Å². The number of nitrogen functional groups attached to an aromatic ring is 1. The van der Waals surface area contributed by atoms with E-state index in [1.54, 1.807) is 24.3 Å². The minimum atomic E-state index is -2.80. The molecule has 0 unspecified atom stereocenters. The van der Waals surface area contributed by atoms with Crippen molar-refractivity contribution in [2.24, 2.45) is 0 Å². The van der Waals surface area contributed by atoms with E-state index in [4.69, 9.17) is 39.1 Å². The van der Waals surface area contributed by atoms with Crippen molar-refractivity contribution in [3.63, 3.8) is 0 Å². The number of anilines is 1. The third-order valence-electron chi connectivity index (χ3n) is 2.97. The van der Waals surface area contributed by atoms with Gasteiger partial charge in [0.1, 0.15) is 0 Å². The molecule has 3 aromatic rings. The number of para-hydroxylation sites is 2. The molecule has 6 nitrogen and oxygen atoms in total. The Bertz CT molecular complexity index is 945. The second-order valence-corrected chi connectivity index (χ2v) is 5.73. The molecule has 0 amide bonds. The van der Waals surface area contributed by atoms with Gasteiger partial charge in [0, 0.05) is 11.1 Å². The lowest BCUT2D eigenvalue weighted by molar-refractivity contribution is -0.155. The number of carboxylic acid groups (broad SMARTS) is 2. The van der Waals surface area contributed by atoms with Gasteiger partial charge in [-0.1, -0.05) is 59.6 Å². The Labute approximate surface area is 168 Å². The largest absolute Gasteiger partial charge is 0.479 e.